The number of likely N-dealkylation sites (tertiary alicyclic amines) is 1. The normalized spacial score (nSPS) is 21.5. The molecule has 4 nitrogen and oxygen atoms in total. The Morgan fingerprint density at radius 1 is 1.45 bits per heavy atom. The largest absolute Gasteiger partial charge is 0.337 e. The predicted molar refractivity (Wildman–Crippen MR) is 89.5 cm³/mol. The van der Waals surface area contributed by atoms with Gasteiger partial charge in [0.15, 0.2) is 0 Å². The third kappa shape index (κ3) is 3.30. The van der Waals surface area contributed by atoms with Crippen molar-refractivity contribution in [3.63, 3.8) is 0 Å². The molecule has 22 heavy (non-hydrogen) atoms. The molecule has 1 saturated heterocycles. The Hall–Kier alpha value is -1.88. The molecule has 2 unspecified atom stereocenters. The Morgan fingerprint density at radius 2 is 2.14 bits per heavy atom. The lowest BCUT2D eigenvalue weighted by Gasteiger charge is -2.39. The number of carbonyl (C=O) groups is 2. The molecule has 0 aromatic carbocycles. The van der Waals surface area contributed by atoms with Gasteiger partial charge < -0.3 is 9.80 Å². The molecule has 1 aliphatic heterocycles. The molecular formula is C17H22N2O2S. The lowest BCUT2D eigenvalue weighted by atomic mass is 9.86. The highest BCUT2D eigenvalue weighted by molar-refractivity contribution is 7.10. The van der Waals surface area contributed by atoms with Crippen molar-refractivity contribution in [3.05, 3.63) is 47.7 Å². The smallest absolute Gasteiger partial charge is 0.228 e. The van der Waals surface area contributed by atoms with Gasteiger partial charge in [-0.25, -0.2) is 0 Å². The average Bonchev–Trinajstić information content (AvgIpc) is 3.03. The maximum absolute atomic E-state index is 12.9. The van der Waals surface area contributed by atoms with Crippen LogP contribution in [0.1, 0.15) is 23.8 Å². The van der Waals surface area contributed by atoms with Crippen molar-refractivity contribution < 1.29 is 9.59 Å². The van der Waals surface area contributed by atoms with Gasteiger partial charge >= 0.3 is 0 Å². The van der Waals surface area contributed by atoms with Crippen LogP contribution >= 0.6 is 11.3 Å². The second-order valence-electron chi connectivity index (χ2n) is 5.43. The standard InChI is InChI=1S/C17H22N2O2S/c1-4-10-19(11-5-2)17(21)13-8-9-15(20)18(3)16(13)14-7-6-12-22-14/h4-7,12-13,16H,1-2,8-11H2,3H3. The van der Waals surface area contributed by atoms with E-state index in [0.29, 0.717) is 25.9 Å². The highest BCUT2D eigenvalue weighted by Crippen LogP contribution is 2.38. The van der Waals surface area contributed by atoms with Crippen molar-refractivity contribution in [2.24, 2.45) is 5.92 Å². The Labute approximate surface area is 135 Å². The number of amides is 2. The number of thiophene rings is 1. The molecule has 1 aromatic rings. The van der Waals surface area contributed by atoms with Crippen LogP contribution in [0.3, 0.4) is 0 Å². The molecule has 0 radical (unpaired) electrons. The fourth-order valence-corrected chi connectivity index (χ4v) is 3.88. The molecule has 1 aromatic heterocycles. The van der Waals surface area contributed by atoms with Crippen molar-refractivity contribution in [2.45, 2.75) is 18.9 Å². The van der Waals surface area contributed by atoms with Gasteiger partial charge in [-0.15, -0.1) is 24.5 Å². The van der Waals surface area contributed by atoms with Crippen LogP contribution in [0.5, 0.6) is 0 Å². The van der Waals surface area contributed by atoms with Gasteiger partial charge in [-0.3, -0.25) is 9.59 Å². The van der Waals surface area contributed by atoms with E-state index in [-0.39, 0.29) is 23.8 Å². The molecule has 5 heteroatoms. The fraction of sp³-hybridized carbons (Fsp3) is 0.412. The summed E-state index contributed by atoms with van der Waals surface area (Å²) in [6.45, 7) is 8.42. The third-order valence-electron chi connectivity index (χ3n) is 4.02. The molecule has 2 amide bonds. The van der Waals surface area contributed by atoms with Gasteiger partial charge in [0.25, 0.3) is 0 Å². The van der Waals surface area contributed by atoms with E-state index < -0.39 is 0 Å². The highest BCUT2D eigenvalue weighted by Gasteiger charge is 2.40. The molecule has 2 heterocycles. The summed E-state index contributed by atoms with van der Waals surface area (Å²) in [5, 5.41) is 1.98. The van der Waals surface area contributed by atoms with E-state index in [9.17, 15) is 9.59 Å². The molecule has 1 aliphatic rings. The highest BCUT2D eigenvalue weighted by atomic mass is 32.1. The van der Waals surface area contributed by atoms with Crippen LogP contribution < -0.4 is 0 Å². The van der Waals surface area contributed by atoms with Crippen molar-refractivity contribution >= 4 is 23.2 Å². The number of hydrogen-bond acceptors (Lipinski definition) is 3. The zero-order chi connectivity index (χ0) is 16.1. The van der Waals surface area contributed by atoms with Crippen LogP contribution in [-0.2, 0) is 9.59 Å². The second kappa shape index (κ2) is 7.40. The fourth-order valence-electron chi connectivity index (χ4n) is 2.95. The predicted octanol–water partition coefficient (Wildman–Crippen LogP) is 2.86. The molecule has 118 valence electrons. The van der Waals surface area contributed by atoms with Gasteiger partial charge in [-0.2, -0.15) is 0 Å². The van der Waals surface area contributed by atoms with Crippen LogP contribution in [0.25, 0.3) is 0 Å². The molecule has 0 aliphatic carbocycles. The molecule has 0 bridgehead atoms. The zero-order valence-corrected chi connectivity index (χ0v) is 13.7. The average molecular weight is 318 g/mol. The van der Waals surface area contributed by atoms with Gasteiger partial charge in [0.1, 0.15) is 0 Å². The Bertz CT molecular complexity index is 543. The molecule has 2 atom stereocenters. The maximum atomic E-state index is 12.9. The van der Waals surface area contributed by atoms with Crippen LogP contribution in [-0.4, -0.2) is 41.8 Å². The van der Waals surface area contributed by atoms with E-state index in [0.717, 1.165) is 4.88 Å². The van der Waals surface area contributed by atoms with E-state index >= 15 is 0 Å². The zero-order valence-electron chi connectivity index (χ0n) is 12.9. The lowest BCUT2D eigenvalue weighted by Crippen LogP contribution is -2.47. The third-order valence-corrected chi connectivity index (χ3v) is 4.97. The maximum Gasteiger partial charge on any atom is 0.228 e. The minimum absolute atomic E-state index is 0.0672. The second-order valence-corrected chi connectivity index (χ2v) is 6.41. The van der Waals surface area contributed by atoms with Crippen LogP contribution in [0.4, 0.5) is 0 Å². The summed E-state index contributed by atoms with van der Waals surface area (Å²) in [6.07, 6.45) is 4.46. The van der Waals surface area contributed by atoms with Crippen molar-refractivity contribution in [1.82, 2.24) is 9.80 Å². The minimum atomic E-state index is -0.207. The quantitative estimate of drug-likeness (QED) is 0.757. The molecule has 0 N–H and O–H groups in total. The Kier molecular flexibility index (Phi) is 5.55. The SMILES string of the molecule is C=CCN(CC=C)C(=O)C1CCC(=O)N(C)C1c1cccs1. The minimum Gasteiger partial charge on any atom is -0.337 e. The van der Waals surface area contributed by atoms with Crippen molar-refractivity contribution in [3.8, 4) is 0 Å². The summed E-state index contributed by atoms with van der Waals surface area (Å²) in [5.74, 6) is -0.0414. The van der Waals surface area contributed by atoms with Crippen LogP contribution in [0, 0.1) is 5.92 Å². The Balaban J connectivity index is 2.29. The first-order chi connectivity index (χ1) is 10.6. The van der Waals surface area contributed by atoms with E-state index in [1.54, 1.807) is 40.3 Å². The van der Waals surface area contributed by atoms with Gasteiger partial charge in [-0.05, 0) is 17.9 Å². The molecule has 2 rings (SSSR count). The topological polar surface area (TPSA) is 40.6 Å². The molecule has 1 fully saturated rings. The van der Waals surface area contributed by atoms with E-state index in [1.165, 1.54) is 0 Å². The van der Waals surface area contributed by atoms with E-state index in [2.05, 4.69) is 13.2 Å². The monoisotopic (exact) mass is 318 g/mol. The van der Waals surface area contributed by atoms with Crippen LogP contribution in [0.2, 0.25) is 0 Å². The first-order valence-electron chi connectivity index (χ1n) is 7.39. The number of piperidine rings is 1. The summed E-state index contributed by atoms with van der Waals surface area (Å²) in [5.41, 5.74) is 0. The first-order valence-corrected chi connectivity index (χ1v) is 8.27. The van der Waals surface area contributed by atoms with Crippen molar-refractivity contribution in [1.29, 1.82) is 0 Å². The Morgan fingerprint density at radius 3 is 2.68 bits per heavy atom. The number of hydrogen-bond donors (Lipinski definition) is 0. The molecular weight excluding hydrogens is 296 g/mol. The van der Waals surface area contributed by atoms with Gasteiger partial charge in [0.05, 0.1) is 12.0 Å². The summed E-state index contributed by atoms with van der Waals surface area (Å²) < 4.78 is 0. The van der Waals surface area contributed by atoms with Crippen LogP contribution in [0.15, 0.2) is 42.8 Å². The molecule has 0 spiro atoms. The summed E-state index contributed by atoms with van der Waals surface area (Å²) in [4.78, 5) is 29.5. The molecule has 0 saturated carbocycles. The van der Waals surface area contributed by atoms with E-state index in [4.69, 9.17) is 0 Å². The lowest BCUT2D eigenvalue weighted by molar-refractivity contribution is -0.146. The number of carbonyl (C=O) groups excluding carboxylic acids is 2. The summed E-state index contributed by atoms with van der Waals surface area (Å²) in [6, 6.07) is 3.78. The van der Waals surface area contributed by atoms with Gasteiger partial charge in [0.2, 0.25) is 11.8 Å². The number of rotatable bonds is 6. The first kappa shape index (κ1) is 16.5. The van der Waals surface area contributed by atoms with Crippen molar-refractivity contribution in [2.75, 3.05) is 20.1 Å². The van der Waals surface area contributed by atoms with Gasteiger partial charge in [0, 0.05) is 31.4 Å². The number of nitrogens with zero attached hydrogens (tertiary/aromatic N) is 2. The van der Waals surface area contributed by atoms with E-state index in [1.807, 2.05) is 17.5 Å². The summed E-state index contributed by atoms with van der Waals surface area (Å²) in [7, 11) is 1.79. The summed E-state index contributed by atoms with van der Waals surface area (Å²) >= 11 is 1.59. The van der Waals surface area contributed by atoms with Gasteiger partial charge in [-0.1, -0.05) is 18.2 Å².